The number of nitro benzene ring substituents is 1. The van der Waals surface area contributed by atoms with Crippen LogP contribution in [0.2, 0.25) is 0 Å². The molecule has 0 radical (unpaired) electrons. The molecule has 36 heavy (non-hydrogen) atoms. The molecule has 3 aromatic rings. The van der Waals surface area contributed by atoms with Crippen molar-refractivity contribution in [3.8, 4) is 0 Å². The van der Waals surface area contributed by atoms with E-state index in [1.807, 2.05) is 66.4 Å². The van der Waals surface area contributed by atoms with Crippen molar-refractivity contribution in [3.05, 3.63) is 100 Å². The molecule has 0 saturated heterocycles. The third-order valence-electron chi connectivity index (χ3n) is 6.71. The second-order valence-corrected chi connectivity index (χ2v) is 9.19. The number of anilines is 2. The Morgan fingerprint density at radius 2 is 1.64 bits per heavy atom. The van der Waals surface area contributed by atoms with E-state index in [2.05, 4.69) is 6.92 Å². The van der Waals surface area contributed by atoms with Crippen molar-refractivity contribution < 1.29 is 14.5 Å². The zero-order valence-electron chi connectivity index (χ0n) is 20.7. The summed E-state index contributed by atoms with van der Waals surface area (Å²) in [7, 11) is 0. The maximum Gasteiger partial charge on any atom is 0.269 e. The van der Waals surface area contributed by atoms with E-state index in [4.69, 9.17) is 0 Å². The molecule has 0 saturated carbocycles. The van der Waals surface area contributed by atoms with Crippen LogP contribution in [0.4, 0.5) is 17.1 Å². The number of fused-ring (bicyclic) bond motifs is 1. The average molecular weight is 486 g/mol. The fourth-order valence-electron chi connectivity index (χ4n) is 4.95. The fraction of sp³-hybridized carbons (Fsp3) is 0.310. The molecule has 1 aliphatic heterocycles. The van der Waals surface area contributed by atoms with Crippen LogP contribution < -0.4 is 9.80 Å². The smallest absolute Gasteiger partial charge is 0.269 e. The lowest BCUT2D eigenvalue weighted by atomic mass is 9.89. The van der Waals surface area contributed by atoms with Crippen LogP contribution in [0.15, 0.2) is 78.9 Å². The molecule has 0 unspecified atom stereocenters. The van der Waals surface area contributed by atoms with Crippen molar-refractivity contribution >= 4 is 28.9 Å². The molecule has 0 spiro atoms. The van der Waals surface area contributed by atoms with Crippen LogP contribution in [0.1, 0.15) is 67.9 Å². The lowest BCUT2D eigenvalue weighted by molar-refractivity contribution is -0.384. The molecule has 186 valence electrons. The molecule has 0 bridgehead atoms. The predicted octanol–water partition coefficient (Wildman–Crippen LogP) is 6.69. The van der Waals surface area contributed by atoms with Gasteiger partial charge in [-0.3, -0.25) is 19.7 Å². The highest BCUT2D eigenvalue weighted by Gasteiger charge is 2.38. The zero-order valence-corrected chi connectivity index (χ0v) is 20.7. The summed E-state index contributed by atoms with van der Waals surface area (Å²) in [4.78, 5) is 41.4. The molecule has 0 aliphatic carbocycles. The van der Waals surface area contributed by atoms with Gasteiger partial charge in [-0.15, -0.1) is 0 Å². The van der Waals surface area contributed by atoms with Gasteiger partial charge in [0, 0.05) is 41.5 Å². The molecular weight excluding hydrogens is 454 g/mol. The number of amides is 2. The Bertz CT molecular complexity index is 1230. The number of carbonyl (C=O) groups excluding carboxylic acids is 2. The first-order valence-electron chi connectivity index (χ1n) is 12.5. The second kappa shape index (κ2) is 11.2. The Labute approximate surface area is 211 Å². The second-order valence-electron chi connectivity index (χ2n) is 9.19. The number of para-hydroxylation sites is 2. The Kier molecular flexibility index (Phi) is 7.78. The molecule has 0 fully saturated rings. The summed E-state index contributed by atoms with van der Waals surface area (Å²) >= 11 is 0. The van der Waals surface area contributed by atoms with Gasteiger partial charge in [-0.2, -0.15) is 0 Å². The highest BCUT2D eigenvalue weighted by Crippen LogP contribution is 2.43. The highest BCUT2D eigenvalue weighted by atomic mass is 16.6. The summed E-state index contributed by atoms with van der Waals surface area (Å²) in [6.45, 7) is 4.15. The van der Waals surface area contributed by atoms with Gasteiger partial charge in [-0.1, -0.05) is 56.2 Å². The maximum atomic E-state index is 13.9. The fourth-order valence-corrected chi connectivity index (χ4v) is 4.95. The first kappa shape index (κ1) is 25.1. The molecule has 1 heterocycles. The third kappa shape index (κ3) is 5.15. The SMILES string of the molecule is CCCCCC(=O)N1c2ccccc2[C@H](N(C(=O)c2ccc([N+](=O)[O-])cc2)c2ccccc2)C[C@H]1C. The van der Waals surface area contributed by atoms with E-state index in [9.17, 15) is 19.7 Å². The molecular formula is C29H31N3O4. The number of carbonyl (C=O) groups is 2. The summed E-state index contributed by atoms with van der Waals surface area (Å²) in [5, 5.41) is 11.1. The first-order valence-corrected chi connectivity index (χ1v) is 12.5. The quantitative estimate of drug-likeness (QED) is 0.202. The van der Waals surface area contributed by atoms with Gasteiger partial charge >= 0.3 is 0 Å². The van der Waals surface area contributed by atoms with Crippen molar-refractivity contribution in [3.63, 3.8) is 0 Å². The van der Waals surface area contributed by atoms with E-state index in [0.717, 1.165) is 36.2 Å². The summed E-state index contributed by atoms with van der Waals surface area (Å²) in [6.07, 6.45) is 4.01. The third-order valence-corrected chi connectivity index (χ3v) is 6.71. The minimum absolute atomic E-state index is 0.0633. The first-order chi connectivity index (χ1) is 17.4. The average Bonchev–Trinajstić information content (AvgIpc) is 2.89. The van der Waals surface area contributed by atoms with E-state index in [1.165, 1.54) is 24.3 Å². The van der Waals surface area contributed by atoms with Gasteiger partial charge in [0.25, 0.3) is 11.6 Å². The van der Waals surface area contributed by atoms with Crippen LogP contribution in [0, 0.1) is 10.1 Å². The highest BCUT2D eigenvalue weighted by molar-refractivity contribution is 6.07. The van der Waals surface area contributed by atoms with Crippen LogP contribution in [0.25, 0.3) is 0 Å². The van der Waals surface area contributed by atoms with Crippen molar-refractivity contribution in [1.82, 2.24) is 0 Å². The number of nitro groups is 1. The van der Waals surface area contributed by atoms with Gasteiger partial charge in [-0.25, -0.2) is 0 Å². The molecule has 4 rings (SSSR count). The van der Waals surface area contributed by atoms with E-state index in [1.54, 1.807) is 4.90 Å². The van der Waals surface area contributed by atoms with Gasteiger partial charge in [-0.05, 0) is 55.7 Å². The molecule has 7 heteroatoms. The number of benzene rings is 3. The summed E-state index contributed by atoms with van der Waals surface area (Å²) in [6, 6.07) is 22.5. The standard InChI is InChI=1S/C29H31N3O4/c1-3-4-6-15-28(33)30-21(2)20-27(25-13-9-10-14-26(25)30)31(23-11-7-5-8-12-23)29(34)22-16-18-24(19-17-22)32(35)36/h5,7-14,16-19,21,27H,3-4,6,15,20H2,1-2H3/t21-,27-/m1/s1. The van der Waals surface area contributed by atoms with Crippen LogP contribution >= 0.6 is 0 Å². The molecule has 1 aliphatic rings. The number of rotatable bonds is 8. The van der Waals surface area contributed by atoms with E-state index < -0.39 is 4.92 Å². The lowest BCUT2D eigenvalue weighted by Crippen LogP contribution is -2.47. The number of non-ortho nitro benzene ring substituents is 1. The minimum Gasteiger partial charge on any atom is -0.309 e. The Morgan fingerprint density at radius 3 is 2.31 bits per heavy atom. The van der Waals surface area contributed by atoms with Gasteiger partial charge in [0.15, 0.2) is 0 Å². The minimum atomic E-state index is -0.478. The van der Waals surface area contributed by atoms with Gasteiger partial charge in [0.05, 0.1) is 11.0 Å². The summed E-state index contributed by atoms with van der Waals surface area (Å²) < 4.78 is 0. The summed E-state index contributed by atoms with van der Waals surface area (Å²) in [5.74, 6) is -0.138. The van der Waals surface area contributed by atoms with Crippen LogP contribution in [-0.2, 0) is 4.79 Å². The van der Waals surface area contributed by atoms with Crippen LogP contribution in [0.5, 0.6) is 0 Å². The number of hydrogen-bond donors (Lipinski definition) is 0. The number of nitrogens with zero attached hydrogens (tertiary/aromatic N) is 3. The Balaban J connectivity index is 1.75. The zero-order chi connectivity index (χ0) is 25.7. The normalized spacial score (nSPS) is 16.8. The Morgan fingerprint density at radius 1 is 0.972 bits per heavy atom. The largest absolute Gasteiger partial charge is 0.309 e. The predicted molar refractivity (Wildman–Crippen MR) is 141 cm³/mol. The van der Waals surface area contributed by atoms with E-state index in [0.29, 0.717) is 18.4 Å². The van der Waals surface area contributed by atoms with Gasteiger partial charge < -0.3 is 9.80 Å². The number of hydrogen-bond acceptors (Lipinski definition) is 4. The molecule has 2 amide bonds. The number of unbranched alkanes of at least 4 members (excludes halogenated alkanes) is 2. The van der Waals surface area contributed by atoms with Crippen LogP contribution in [0.3, 0.4) is 0 Å². The molecule has 3 aromatic carbocycles. The van der Waals surface area contributed by atoms with Gasteiger partial charge in [0.1, 0.15) is 0 Å². The summed E-state index contributed by atoms with van der Waals surface area (Å²) in [5.41, 5.74) is 2.79. The topological polar surface area (TPSA) is 83.8 Å². The van der Waals surface area contributed by atoms with E-state index >= 15 is 0 Å². The van der Waals surface area contributed by atoms with Gasteiger partial charge in [0.2, 0.25) is 5.91 Å². The maximum absolute atomic E-state index is 13.9. The van der Waals surface area contributed by atoms with Crippen molar-refractivity contribution in [2.45, 2.75) is 58.0 Å². The molecule has 0 N–H and O–H groups in total. The molecule has 7 nitrogen and oxygen atoms in total. The lowest BCUT2D eigenvalue weighted by Gasteiger charge is -2.43. The Hall–Kier alpha value is -4.00. The molecule has 0 aromatic heterocycles. The van der Waals surface area contributed by atoms with Crippen molar-refractivity contribution in [2.24, 2.45) is 0 Å². The van der Waals surface area contributed by atoms with Crippen LogP contribution in [-0.4, -0.2) is 22.8 Å². The van der Waals surface area contributed by atoms with Crippen molar-refractivity contribution in [1.29, 1.82) is 0 Å². The van der Waals surface area contributed by atoms with Crippen molar-refractivity contribution in [2.75, 3.05) is 9.80 Å². The monoisotopic (exact) mass is 485 g/mol. The molecule has 2 atom stereocenters. The van der Waals surface area contributed by atoms with E-state index in [-0.39, 0.29) is 29.6 Å².